The van der Waals surface area contributed by atoms with Crippen LogP contribution in [-0.2, 0) is 19.5 Å². The SMILES string of the molecule is O=c1[nH]c(N/N=C\c2ccc(O)c([N+](=O)[O-])c2)nc2c1CN(Cc1ccccc1)CC2. The molecular formula is C21H20N6O4. The van der Waals surface area contributed by atoms with Gasteiger partial charge in [0, 0.05) is 37.7 Å². The maximum Gasteiger partial charge on any atom is 0.311 e. The maximum atomic E-state index is 12.6. The Balaban J connectivity index is 1.44. The second-order valence-electron chi connectivity index (χ2n) is 7.16. The van der Waals surface area contributed by atoms with E-state index in [-0.39, 0.29) is 11.5 Å². The number of hydrogen-bond donors (Lipinski definition) is 3. The summed E-state index contributed by atoms with van der Waals surface area (Å²) in [6, 6.07) is 14.0. The highest BCUT2D eigenvalue weighted by atomic mass is 16.6. The fourth-order valence-electron chi connectivity index (χ4n) is 3.45. The van der Waals surface area contributed by atoms with Crippen LogP contribution in [0.3, 0.4) is 0 Å². The molecule has 2 heterocycles. The zero-order valence-corrected chi connectivity index (χ0v) is 16.5. The van der Waals surface area contributed by atoms with Crippen LogP contribution in [0.1, 0.15) is 22.4 Å². The van der Waals surface area contributed by atoms with Gasteiger partial charge in [0.2, 0.25) is 5.95 Å². The van der Waals surface area contributed by atoms with Gasteiger partial charge in [0.05, 0.1) is 22.4 Å². The predicted octanol–water partition coefficient (Wildman–Crippen LogP) is 2.39. The molecular weight excluding hydrogens is 400 g/mol. The number of rotatable bonds is 6. The van der Waals surface area contributed by atoms with E-state index in [4.69, 9.17) is 0 Å². The molecule has 0 atom stereocenters. The Bertz CT molecular complexity index is 1190. The van der Waals surface area contributed by atoms with Crippen molar-refractivity contribution in [3.05, 3.63) is 91.4 Å². The van der Waals surface area contributed by atoms with Crippen LogP contribution < -0.4 is 11.0 Å². The Hall–Kier alpha value is -4.05. The first-order valence-corrected chi connectivity index (χ1v) is 9.64. The summed E-state index contributed by atoms with van der Waals surface area (Å²) in [5.74, 6) is -0.220. The van der Waals surface area contributed by atoms with Crippen LogP contribution in [0, 0.1) is 10.1 Å². The third kappa shape index (κ3) is 4.75. The molecule has 0 unspecified atom stereocenters. The number of anilines is 1. The molecule has 0 radical (unpaired) electrons. The van der Waals surface area contributed by atoms with Gasteiger partial charge in [0.25, 0.3) is 5.56 Å². The first kappa shape index (κ1) is 20.2. The molecule has 10 nitrogen and oxygen atoms in total. The largest absolute Gasteiger partial charge is 0.502 e. The van der Waals surface area contributed by atoms with Crippen LogP contribution in [0.15, 0.2) is 58.4 Å². The summed E-state index contributed by atoms with van der Waals surface area (Å²) >= 11 is 0. The summed E-state index contributed by atoms with van der Waals surface area (Å²) < 4.78 is 0. The maximum absolute atomic E-state index is 12.6. The number of hydrogen-bond acceptors (Lipinski definition) is 8. The second-order valence-corrected chi connectivity index (χ2v) is 7.16. The number of benzene rings is 2. The fourth-order valence-corrected chi connectivity index (χ4v) is 3.45. The molecule has 0 fully saturated rings. The van der Waals surface area contributed by atoms with Gasteiger partial charge in [-0.1, -0.05) is 30.3 Å². The first-order valence-electron chi connectivity index (χ1n) is 9.64. The Kier molecular flexibility index (Phi) is 5.72. The number of fused-ring (bicyclic) bond motifs is 1. The minimum atomic E-state index is -0.677. The molecule has 0 aliphatic carbocycles. The molecule has 0 amide bonds. The smallest absolute Gasteiger partial charge is 0.311 e. The van der Waals surface area contributed by atoms with Crippen molar-refractivity contribution in [2.45, 2.75) is 19.5 Å². The van der Waals surface area contributed by atoms with Gasteiger partial charge in [0.1, 0.15) is 0 Å². The standard InChI is InChI=1S/C21H20N6O4/c28-19-7-6-15(10-18(19)27(30)31)11-22-25-21-23-17-8-9-26(13-16(17)20(29)24-21)12-14-4-2-1-3-5-14/h1-7,10-11,28H,8-9,12-13H2,(H2,23,24,25,29)/b22-11-. The summed E-state index contributed by atoms with van der Waals surface area (Å²) in [4.78, 5) is 32.1. The first-order chi connectivity index (χ1) is 15.0. The molecule has 3 N–H and O–H groups in total. The monoisotopic (exact) mass is 420 g/mol. The van der Waals surface area contributed by atoms with Gasteiger partial charge in [-0.15, -0.1) is 0 Å². The number of aromatic amines is 1. The number of aromatic nitrogens is 2. The van der Waals surface area contributed by atoms with Gasteiger partial charge in [-0.3, -0.25) is 24.8 Å². The minimum absolute atomic E-state index is 0.199. The van der Waals surface area contributed by atoms with E-state index in [0.717, 1.165) is 18.8 Å². The lowest BCUT2D eigenvalue weighted by molar-refractivity contribution is -0.385. The van der Waals surface area contributed by atoms with E-state index in [0.29, 0.717) is 24.1 Å². The van der Waals surface area contributed by atoms with Gasteiger partial charge in [-0.2, -0.15) is 5.10 Å². The van der Waals surface area contributed by atoms with Crippen molar-refractivity contribution in [2.75, 3.05) is 12.0 Å². The summed E-state index contributed by atoms with van der Waals surface area (Å²) in [6.07, 6.45) is 1.99. The van der Waals surface area contributed by atoms with Crippen LogP contribution in [-0.4, -0.2) is 37.7 Å². The molecule has 31 heavy (non-hydrogen) atoms. The second kappa shape index (κ2) is 8.76. The Morgan fingerprint density at radius 3 is 2.87 bits per heavy atom. The third-order valence-electron chi connectivity index (χ3n) is 4.98. The number of nitro benzene ring substituents is 1. The Morgan fingerprint density at radius 2 is 2.10 bits per heavy atom. The van der Waals surface area contributed by atoms with Gasteiger partial charge >= 0.3 is 5.69 Å². The lowest BCUT2D eigenvalue weighted by Gasteiger charge is -2.27. The molecule has 2 aromatic carbocycles. The molecule has 1 aliphatic rings. The molecule has 10 heteroatoms. The van der Waals surface area contributed by atoms with E-state index in [1.165, 1.54) is 30.0 Å². The van der Waals surface area contributed by atoms with Crippen LogP contribution in [0.4, 0.5) is 11.6 Å². The molecule has 0 bridgehead atoms. The van der Waals surface area contributed by atoms with E-state index in [9.17, 15) is 20.0 Å². The Labute approximate surface area is 177 Å². The summed E-state index contributed by atoms with van der Waals surface area (Å²) in [6.45, 7) is 2.08. The van der Waals surface area contributed by atoms with Crippen molar-refractivity contribution in [3.8, 4) is 5.75 Å². The number of nitro groups is 1. The molecule has 1 aliphatic heterocycles. The zero-order valence-electron chi connectivity index (χ0n) is 16.5. The average molecular weight is 420 g/mol. The minimum Gasteiger partial charge on any atom is -0.502 e. The lowest BCUT2D eigenvalue weighted by Crippen LogP contribution is -2.35. The molecule has 1 aromatic heterocycles. The van der Waals surface area contributed by atoms with E-state index in [1.54, 1.807) is 0 Å². The van der Waals surface area contributed by atoms with E-state index >= 15 is 0 Å². The van der Waals surface area contributed by atoms with E-state index < -0.39 is 16.4 Å². The predicted molar refractivity (Wildman–Crippen MR) is 115 cm³/mol. The van der Waals surface area contributed by atoms with Gasteiger partial charge in [-0.25, -0.2) is 10.4 Å². The highest BCUT2D eigenvalue weighted by Crippen LogP contribution is 2.25. The highest BCUT2D eigenvalue weighted by Gasteiger charge is 2.21. The van der Waals surface area contributed by atoms with Crippen LogP contribution in [0.25, 0.3) is 0 Å². The van der Waals surface area contributed by atoms with Gasteiger partial charge in [0.15, 0.2) is 5.75 Å². The van der Waals surface area contributed by atoms with E-state index in [1.807, 2.05) is 18.2 Å². The number of H-pyrrole nitrogens is 1. The number of phenolic OH excluding ortho intramolecular Hbond substituents is 1. The van der Waals surface area contributed by atoms with Crippen LogP contribution >= 0.6 is 0 Å². The summed E-state index contributed by atoms with van der Waals surface area (Å²) in [5.41, 5.74) is 5.00. The van der Waals surface area contributed by atoms with Crippen molar-refractivity contribution in [1.29, 1.82) is 0 Å². The number of nitrogens with zero attached hydrogens (tertiary/aromatic N) is 4. The van der Waals surface area contributed by atoms with Gasteiger partial charge < -0.3 is 5.11 Å². The van der Waals surface area contributed by atoms with Crippen LogP contribution in [0.2, 0.25) is 0 Å². The van der Waals surface area contributed by atoms with Crippen molar-refractivity contribution < 1.29 is 10.0 Å². The quantitative estimate of drug-likeness (QED) is 0.316. The highest BCUT2D eigenvalue weighted by molar-refractivity contribution is 5.81. The average Bonchev–Trinajstić information content (AvgIpc) is 2.76. The van der Waals surface area contributed by atoms with Crippen molar-refractivity contribution in [3.63, 3.8) is 0 Å². The number of aromatic hydroxyl groups is 1. The summed E-state index contributed by atoms with van der Waals surface area (Å²) in [7, 11) is 0. The van der Waals surface area contributed by atoms with Crippen molar-refractivity contribution in [2.24, 2.45) is 5.10 Å². The van der Waals surface area contributed by atoms with Crippen molar-refractivity contribution >= 4 is 17.9 Å². The molecule has 4 rings (SSSR count). The molecule has 0 spiro atoms. The van der Waals surface area contributed by atoms with Crippen molar-refractivity contribution in [1.82, 2.24) is 14.9 Å². The number of nitrogens with one attached hydrogen (secondary N) is 2. The lowest BCUT2D eigenvalue weighted by atomic mass is 10.1. The molecule has 3 aromatic rings. The van der Waals surface area contributed by atoms with Crippen LogP contribution in [0.5, 0.6) is 5.75 Å². The zero-order chi connectivity index (χ0) is 21.8. The van der Waals surface area contributed by atoms with E-state index in [2.05, 4.69) is 37.5 Å². The molecule has 0 saturated carbocycles. The Morgan fingerprint density at radius 1 is 1.29 bits per heavy atom. The topological polar surface area (TPSA) is 137 Å². The number of phenols is 1. The number of hydrazone groups is 1. The molecule has 0 saturated heterocycles. The molecule has 158 valence electrons. The fraction of sp³-hybridized carbons (Fsp3) is 0.190. The van der Waals surface area contributed by atoms with Gasteiger partial charge in [-0.05, 0) is 17.7 Å². The normalized spacial score (nSPS) is 13.8. The summed E-state index contributed by atoms with van der Waals surface area (Å²) in [5, 5.41) is 24.4. The third-order valence-corrected chi connectivity index (χ3v) is 4.98.